The zero-order valence-corrected chi connectivity index (χ0v) is 11.4. The van der Waals surface area contributed by atoms with Gasteiger partial charge in [-0.2, -0.15) is 0 Å². The van der Waals surface area contributed by atoms with Gasteiger partial charge in [-0.15, -0.1) is 0 Å². The summed E-state index contributed by atoms with van der Waals surface area (Å²) in [6, 6.07) is 6.11. The minimum absolute atomic E-state index is 0.842. The van der Waals surface area contributed by atoms with Crippen molar-refractivity contribution >= 4 is 10.9 Å². The van der Waals surface area contributed by atoms with Crippen molar-refractivity contribution in [2.24, 2.45) is 0 Å². The SMILES string of the molecule is CCCCCn1ccc2c(OC)cc(OC)cc21. The second kappa shape index (κ2) is 5.80. The molecule has 0 amide bonds. The van der Waals surface area contributed by atoms with Gasteiger partial charge in [0, 0.05) is 30.3 Å². The van der Waals surface area contributed by atoms with Crippen molar-refractivity contribution in [1.82, 2.24) is 4.57 Å². The fourth-order valence-corrected chi connectivity index (χ4v) is 2.25. The molecule has 0 aliphatic carbocycles. The number of aromatic nitrogens is 1. The Morgan fingerprint density at radius 2 is 1.94 bits per heavy atom. The summed E-state index contributed by atoms with van der Waals surface area (Å²) >= 11 is 0. The van der Waals surface area contributed by atoms with Crippen LogP contribution in [-0.4, -0.2) is 18.8 Å². The number of methoxy groups -OCH3 is 2. The van der Waals surface area contributed by atoms with Crippen molar-refractivity contribution < 1.29 is 9.47 Å². The second-order valence-corrected chi connectivity index (χ2v) is 4.48. The third-order valence-corrected chi connectivity index (χ3v) is 3.28. The monoisotopic (exact) mass is 247 g/mol. The van der Waals surface area contributed by atoms with E-state index in [2.05, 4.69) is 29.8 Å². The van der Waals surface area contributed by atoms with Crippen LogP contribution < -0.4 is 9.47 Å². The maximum atomic E-state index is 5.42. The lowest BCUT2D eigenvalue weighted by atomic mass is 10.2. The number of hydrogen-bond donors (Lipinski definition) is 0. The Labute approximate surface area is 108 Å². The van der Waals surface area contributed by atoms with E-state index in [1.807, 2.05) is 6.07 Å². The topological polar surface area (TPSA) is 23.4 Å². The molecule has 3 heteroatoms. The van der Waals surface area contributed by atoms with E-state index in [9.17, 15) is 0 Å². The summed E-state index contributed by atoms with van der Waals surface area (Å²) in [5, 5.41) is 1.15. The Morgan fingerprint density at radius 3 is 2.61 bits per heavy atom. The van der Waals surface area contributed by atoms with Gasteiger partial charge in [0.25, 0.3) is 0 Å². The Bertz CT molecular complexity index is 516. The molecule has 0 saturated heterocycles. The summed E-state index contributed by atoms with van der Waals surface area (Å²) in [4.78, 5) is 0. The van der Waals surface area contributed by atoms with Crippen LogP contribution in [0, 0.1) is 0 Å². The molecule has 0 aliphatic heterocycles. The van der Waals surface area contributed by atoms with Gasteiger partial charge in [0.2, 0.25) is 0 Å². The Balaban J connectivity index is 2.37. The Kier molecular flexibility index (Phi) is 4.13. The number of fused-ring (bicyclic) bond motifs is 1. The van der Waals surface area contributed by atoms with Crippen molar-refractivity contribution in [3.8, 4) is 11.5 Å². The number of benzene rings is 1. The smallest absolute Gasteiger partial charge is 0.131 e. The summed E-state index contributed by atoms with van der Waals surface area (Å²) in [5.74, 6) is 1.72. The zero-order chi connectivity index (χ0) is 13.0. The van der Waals surface area contributed by atoms with E-state index in [4.69, 9.17) is 9.47 Å². The van der Waals surface area contributed by atoms with E-state index in [0.29, 0.717) is 0 Å². The number of rotatable bonds is 6. The molecule has 0 N–H and O–H groups in total. The largest absolute Gasteiger partial charge is 0.497 e. The molecule has 1 aromatic carbocycles. The quantitative estimate of drug-likeness (QED) is 0.724. The van der Waals surface area contributed by atoms with Crippen LogP contribution in [-0.2, 0) is 6.54 Å². The molecular formula is C15H21NO2. The Morgan fingerprint density at radius 1 is 1.11 bits per heavy atom. The molecule has 0 radical (unpaired) electrons. The van der Waals surface area contributed by atoms with E-state index in [-0.39, 0.29) is 0 Å². The molecule has 2 rings (SSSR count). The van der Waals surface area contributed by atoms with Crippen LogP contribution in [0.4, 0.5) is 0 Å². The normalized spacial score (nSPS) is 10.8. The average molecular weight is 247 g/mol. The van der Waals surface area contributed by atoms with E-state index in [1.54, 1.807) is 14.2 Å². The first-order chi connectivity index (χ1) is 8.80. The lowest BCUT2D eigenvalue weighted by molar-refractivity contribution is 0.397. The van der Waals surface area contributed by atoms with Crippen LogP contribution in [0.15, 0.2) is 24.4 Å². The Hall–Kier alpha value is -1.64. The van der Waals surface area contributed by atoms with Gasteiger partial charge in [0.15, 0.2) is 0 Å². The highest BCUT2D eigenvalue weighted by atomic mass is 16.5. The van der Waals surface area contributed by atoms with Crippen molar-refractivity contribution in [3.05, 3.63) is 24.4 Å². The van der Waals surface area contributed by atoms with Crippen LogP contribution >= 0.6 is 0 Å². The van der Waals surface area contributed by atoms with E-state index >= 15 is 0 Å². The molecule has 2 aromatic rings. The van der Waals surface area contributed by atoms with Gasteiger partial charge in [-0.25, -0.2) is 0 Å². The van der Waals surface area contributed by atoms with Crippen molar-refractivity contribution in [1.29, 1.82) is 0 Å². The lowest BCUT2D eigenvalue weighted by Crippen LogP contribution is -1.96. The summed E-state index contributed by atoms with van der Waals surface area (Å²) in [7, 11) is 3.38. The van der Waals surface area contributed by atoms with E-state index in [1.165, 1.54) is 24.8 Å². The molecule has 0 atom stereocenters. The van der Waals surface area contributed by atoms with Crippen LogP contribution in [0.1, 0.15) is 26.2 Å². The zero-order valence-electron chi connectivity index (χ0n) is 11.4. The fourth-order valence-electron chi connectivity index (χ4n) is 2.25. The van der Waals surface area contributed by atoms with Crippen molar-refractivity contribution in [3.63, 3.8) is 0 Å². The molecule has 98 valence electrons. The van der Waals surface area contributed by atoms with Crippen LogP contribution in [0.25, 0.3) is 10.9 Å². The molecule has 1 aromatic heterocycles. The maximum Gasteiger partial charge on any atom is 0.131 e. The first kappa shape index (κ1) is 12.8. The van der Waals surface area contributed by atoms with Gasteiger partial charge in [0.1, 0.15) is 11.5 Å². The highest BCUT2D eigenvalue weighted by Crippen LogP contribution is 2.32. The van der Waals surface area contributed by atoms with Crippen LogP contribution in [0.3, 0.4) is 0 Å². The molecule has 18 heavy (non-hydrogen) atoms. The van der Waals surface area contributed by atoms with Gasteiger partial charge in [-0.3, -0.25) is 0 Å². The van der Waals surface area contributed by atoms with E-state index in [0.717, 1.165) is 23.4 Å². The molecule has 0 unspecified atom stereocenters. The van der Waals surface area contributed by atoms with Gasteiger partial charge in [-0.1, -0.05) is 19.8 Å². The van der Waals surface area contributed by atoms with E-state index < -0.39 is 0 Å². The minimum Gasteiger partial charge on any atom is -0.497 e. The number of unbranched alkanes of at least 4 members (excludes halogenated alkanes) is 2. The first-order valence-electron chi connectivity index (χ1n) is 6.51. The van der Waals surface area contributed by atoms with Gasteiger partial charge in [-0.05, 0) is 12.5 Å². The molecule has 3 nitrogen and oxygen atoms in total. The summed E-state index contributed by atoms with van der Waals surface area (Å²) in [6.45, 7) is 3.27. The molecule has 0 spiro atoms. The number of ether oxygens (including phenoxy) is 2. The standard InChI is InChI=1S/C15H21NO2/c1-4-5-6-8-16-9-7-13-14(16)10-12(17-2)11-15(13)18-3/h7,9-11H,4-6,8H2,1-3H3. The van der Waals surface area contributed by atoms with Crippen LogP contribution in [0.5, 0.6) is 11.5 Å². The average Bonchev–Trinajstić information content (AvgIpc) is 2.81. The molecule has 0 fully saturated rings. The predicted octanol–water partition coefficient (Wildman–Crippen LogP) is 3.85. The van der Waals surface area contributed by atoms with Crippen molar-refractivity contribution in [2.45, 2.75) is 32.7 Å². The number of aryl methyl sites for hydroxylation is 1. The van der Waals surface area contributed by atoms with Gasteiger partial charge >= 0.3 is 0 Å². The van der Waals surface area contributed by atoms with Gasteiger partial charge in [0.05, 0.1) is 19.7 Å². The summed E-state index contributed by atoms with van der Waals surface area (Å²) in [6.07, 6.45) is 5.84. The lowest BCUT2D eigenvalue weighted by Gasteiger charge is -2.09. The highest BCUT2D eigenvalue weighted by Gasteiger charge is 2.09. The second-order valence-electron chi connectivity index (χ2n) is 4.48. The maximum absolute atomic E-state index is 5.42. The molecule has 0 bridgehead atoms. The predicted molar refractivity (Wildman–Crippen MR) is 74.6 cm³/mol. The fraction of sp³-hybridized carbons (Fsp3) is 0.467. The number of nitrogens with zero attached hydrogens (tertiary/aromatic N) is 1. The molecule has 0 aliphatic rings. The van der Waals surface area contributed by atoms with Crippen molar-refractivity contribution in [2.75, 3.05) is 14.2 Å². The first-order valence-corrected chi connectivity index (χ1v) is 6.51. The third-order valence-electron chi connectivity index (χ3n) is 3.28. The molecular weight excluding hydrogens is 226 g/mol. The molecule has 1 heterocycles. The van der Waals surface area contributed by atoms with Crippen LogP contribution in [0.2, 0.25) is 0 Å². The minimum atomic E-state index is 0.842. The number of hydrogen-bond acceptors (Lipinski definition) is 2. The summed E-state index contributed by atoms with van der Waals surface area (Å²) < 4.78 is 13.0. The molecule has 0 saturated carbocycles. The highest BCUT2D eigenvalue weighted by molar-refractivity contribution is 5.88. The summed E-state index contributed by atoms with van der Waals surface area (Å²) in [5.41, 5.74) is 1.18. The van der Waals surface area contributed by atoms with Gasteiger partial charge < -0.3 is 14.0 Å². The third kappa shape index (κ3) is 2.45.